The molecule has 0 aliphatic heterocycles. The first-order valence-electron chi connectivity index (χ1n) is 9.18. The number of rotatable bonds is 6. The van der Waals surface area contributed by atoms with Gasteiger partial charge in [-0.2, -0.15) is 0 Å². The van der Waals surface area contributed by atoms with Gasteiger partial charge in [-0.05, 0) is 33.3 Å². The first-order valence-corrected chi connectivity index (χ1v) is 9.18. The summed E-state index contributed by atoms with van der Waals surface area (Å²) < 4.78 is 0. The number of aliphatic imine (C=N–C) groups is 1. The van der Waals surface area contributed by atoms with Gasteiger partial charge in [-0.15, -0.1) is 24.0 Å². The number of carbonyl (C=O) groups excluding carboxylic acids is 1. The predicted molar refractivity (Wildman–Crippen MR) is 125 cm³/mol. The zero-order valence-electron chi connectivity index (χ0n) is 17.2. The Kier molecular flexibility index (Phi) is 9.44. The topological polar surface area (TPSA) is 85.4 Å². The van der Waals surface area contributed by atoms with Crippen molar-refractivity contribution in [2.45, 2.75) is 39.8 Å². The molecule has 0 spiro atoms. The molecule has 0 unspecified atom stereocenters. The van der Waals surface area contributed by atoms with Gasteiger partial charge in [-0.1, -0.05) is 30.3 Å². The molecule has 8 heteroatoms. The molecule has 0 saturated heterocycles. The number of imidazole rings is 1. The summed E-state index contributed by atoms with van der Waals surface area (Å²) >= 11 is 0. The van der Waals surface area contributed by atoms with Crippen LogP contribution in [0.4, 0.5) is 0 Å². The van der Waals surface area contributed by atoms with Gasteiger partial charge in [-0.25, -0.2) is 9.98 Å². The second-order valence-corrected chi connectivity index (χ2v) is 7.43. The van der Waals surface area contributed by atoms with Crippen LogP contribution in [0.15, 0.2) is 41.5 Å². The molecular formula is C20H31IN6O. The van der Waals surface area contributed by atoms with Crippen LogP contribution in [0.2, 0.25) is 0 Å². The van der Waals surface area contributed by atoms with Gasteiger partial charge < -0.3 is 20.5 Å². The number of carbonyl (C=O) groups is 1. The fourth-order valence-electron chi connectivity index (χ4n) is 2.58. The molecular weight excluding hydrogens is 467 g/mol. The summed E-state index contributed by atoms with van der Waals surface area (Å²) in [5.74, 6) is 1.40. The lowest BCUT2D eigenvalue weighted by Crippen LogP contribution is -2.43. The Balaban J connectivity index is 0.00000392. The number of halogens is 1. The smallest absolute Gasteiger partial charge is 0.242 e. The molecule has 28 heavy (non-hydrogen) atoms. The number of guanidine groups is 1. The van der Waals surface area contributed by atoms with Crippen molar-refractivity contribution in [3.8, 4) is 11.3 Å². The molecule has 1 aromatic heterocycles. The van der Waals surface area contributed by atoms with E-state index in [1.165, 1.54) is 0 Å². The molecule has 0 aliphatic rings. The van der Waals surface area contributed by atoms with E-state index in [9.17, 15) is 4.79 Å². The molecule has 0 bridgehead atoms. The van der Waals surface area contributed by atoms with E-state index >= 15 is 0 Å². The van der Waals surface area contributed by atoms with Gasteiger partial charge in [0.1, 0.15) is 12.4 Å². The van der Waals surface area contributed by atoms with Crippen molar-refractivity contribution in [1.29, 1.82) is 0 Å². The molecule has 0 saturated carbocycles. The molecule has 2 rings (SSSR count). The third kappa shape index (κ3) is 7.87. The molecule has 154 valence electrons. The van der Waals surface area contributed by atoms with Crippen LogP contribution in [0.25, 0.3) is 11.3 Å². The molecule has 0 radical (unpaired) electrons. The zero-order chi connectivity index (χ0) is 19.9. The lowest BCUT2D eigenvalue weighted by Gasteiger charge is -2.22. The van der Waals surface area contributed by atoms with Crippen molar-refractivity contribution < 1.29 is 4.79 Å². The van der Waals surface area contributed by atoms with Crippen molar-refractivity contribution in [2.75, 3.05) is 20.1 Å². The minimum absolute atomic E-state index is 0. The first kappa shape index (κ1) is 23.9. The number of hydrogen-bond acceptors (Lipinski definition) is 3. The van der Waals surface area contributed by atoms with E-state index in [4.69, 9.17) is 0 Å². The Morgan fingerprint density at radius 2 is 1.93 bits per heavy atom. The Labute approximate surface area is 184 Å². The molecule has 0 aliphatic carbocycles. The van der Waals surface area contributed by atoms with Gasteiger partial charge in [0.2, 0.25) is 5.91 Å². The number of aromatic amines is 1. The normalized spacial score (nSPS) is 11.5. The lowest BCUT2D eigenvalue weighted by atomic mass is 10.1. The van der Waals surface area contributed by atoms with Crippen LogP contribution in [0, 0.1) is 0 Å². The maximum Gasteiger partial charge on any atom is 0.242 e. The number of H-pyrrole nitrogens is 1. The van der Waals surface area contributed by atoms with Gasteiger partial charge >= 0.3 is 0 Å². The summed E-state index contributed by atoms with van der Waals surface area (Å²) in [6.07, 6.45) is 1.83. The Morgan fingerprint density at radius 1 is 1.25 bits per heavy atom. The minimum atomic E-state index is -0.265. The standard InChI is InChI=1S/C20H30N6O.HI/c1-6-21-19(23-13-18(27)25-20(2,3)4)26(5)14-17-22-12-16(24-17)15-10-8-7-9-11-15;/h7-12H,6,13-14H2,1-5H3,(H,21,23)(H,22,24)(H,25,27);1H. The fourth-order valence-corrected chi connectivity index (χ4v) is 2.58. The van der Waals surface area contributed by atoms with Gasteiger partial charge in [0.15, 0.2) is 5.96 Å². The first-order chi connectivity index (χ1) is 12.8. The van der Waals surface area contributed by atoms with E-state index in [0.29, 0.717) is 12.5 Å². The summed E-state index contributed by atoms with van der Waals surface area (Å²) in [5, 5.41) is 6.13. The van der Waals surface area contributed by atoms with E-state index < -0.39 is 0 Å². The van der Waals surface area contributed by atoms with E-state index in [2.05, 4.69) is 25.6 Å². The number of benzene rings is 1. The maximum atomic E-state index is 12.0. The van der Waals surface area contributed by atoms with Gasteiger partial charge in [0.05, 0.1) is 18.4 Å². The van der Waals surface area contributed by atoms with Crippen LogP contribution in [0.3, 0.4) is 0 Å². The highest BCUT2D eigenvalue weighted by Crippen LogP contribution is 2.16. The quantitative estimate of drug-likeness (QED) is 0.325. The number of aromatic nitrogens is 2. The summed E-state index contributed by atoms with van der Waals surface area (Å²) in [4.78, 5) is 26.2. The number of nitrogens with zero attached hydrogens (tertiary/aromatic N) is 3. The molecule has 3 N–H and O–H groups in total. The molecule has 0 atom stereocenters. The number of nitrogens with one attached hydrogen (secondary N) is 3. The number of amides is 1. The molecule has 1 amide bonds. The van der Waals surface area contributed by atoms with Crippen LogP contribution in [-0.4, -0.2) is 52.4 Å². The van der Waals surface area contributed by atoms with Crippen LogP contribution in [-0.2, 0) is 11.3 Å². The second-order valence-electron chi connectivity index (χ2n) is 7.43. The average Bonchev–Trinajstić information content (AvgIpc) is 3.06. The Morgan fingerprint density at radius 3 is 2.54 bits per heavy atom. The molecule has 1 heterocycles. The molecule has 2 aromatic rings. The minimum Gasteiger partial charge on any atom is -0.357 e. The fraction of sp³-hybridized carbons (Fsp3) is 0.450. The maximum absolute atomic E-state index is 12.0. The molecule has 1 aromatic carbocycles. The van der Waals surface area contributed by atoms with Crippen LogP contribution < -0.4 is 10.6 Å². The Hall–Kier alpha value is -2.10. The largest absolute Gasteiger partial charge is 0.357 e. The van der Waals surface area contributed by atoms with Crippen LogP contribution in [0.1, 0.15) is 33.5 Å². The average molecular weight is 498 g/mol. The summed E-state index contributed by atoms with van der Waals surface area (Å²) in [5.41, 5.74) is 1.81. The van der Waals surface area contributed by atoms with E-state index in [0.717, 1.165) is 23.6 Å². The van der Waals surface area contributed by atoms with Crippen molar-refractivity contribution in [3.63, 3.8) is 0 Å². The van der Waals surface area contributed by atoms with E-state index in [1.807, 2.05) is 76.2 Å². The predicted octanol–water partition coefficient (Wildman–Crippen LogP) is 3.01. The monoisotopic (exact) mass is 498 g/mol. The molecule has 7 nitrogen and oxygen atoms in total. The van der Waals surface area contributed by atoms with Gasteiger partial charge in [0.25, 0.3) is 0 Å². The van der Waals surface area contributed by atoms with E-state index in [-0.39, 0.29) is 42.0 Å². The number of hydrogen-bond donors (Lipinski definition) is 3. The van der Waals surface area contributed by atoms with Crippen LogP contribution in [0.5, 0.6) is 0 Å². The summed E-state index contributed by atoms with van der Waals surface area (Å²) in [6, 6.07) is 10.1. The SMILES string of the molecule is CCNC(=NCC(=O)NC(C)(C)C)N(C)Cc1ncc(-c2ccccc2)[nH]1.I. The highest BCUT2D eigenvalue weighted by atomic mass is 127. The Bertz CT molecular complexity index is 767. The van der Waals surface area contributed by atoms with Crippen molar-refractivity contribution in [1.82, 2.24) is 25.5 Å². The van der Waals surface area contributed by atoms with Crippen LogP contribution >= 0.6 is 24.0 Å². The summed E-state index contributed by atoms with van der Waals surface area (Å²) in [7, 11) is 1.92. The lowest BCUT2D eigenvalue weighted by molar-refractivity contribution is -0.121. The van der Waals surface area contributed by atoms with Crippen molar-refractivity contribution >= 4 is 35.8 Å². The van der Waals surface area contributed by atoms with Gasteiger partial charge in [0, 0.05) is 19.1 Å². The summed E-state index contributed by atoms with van der Waals surface area (Å²) in [6.45, 7) is 9.21. The van der Waals surface area contributed by atoms with Crippen molar-refractivity contribution in [3.05, 3.63) is 42.4 Å². The highest BCUT2D eigenvalue weighted by molar-refractivity contribution is 14.0. The second kappa shape index (κ2) is 11.0. The highest BCUT2D eigenvalue weighted by Gasteiger charge is 2.14. The van der Waals surface area contributed by atoms with Crippen molar-refractivity contribution in [2.24, 2.45) is 4.99 Å². The third-order valence-electron chi connectivity index (χ3n) is 3.68. The van der Waals surface area contributed by atoms with Gasteiger partial charge in [-0.3, -0.25) is 4.79 Å². The third-order valence-corrected chi connectivity index (χ3v) is 3.68. The van der Waals surface area contributed by atoms with E-state index in [1.54, 1.807) is 0 Å². The zero-order valence-corrected chi connectivity index (χ0v) is 19.6. The molecule has 0 fully saturated rings.